The number of benzene rings is 1. The van der Waals surface area contributed by atoms with Crippen molar-refractivity contribution in [2.24, 2.45) is 0 Å². The highest BCUT2D eigenvalue weighted by Crippen LogP contribution is 2.24. The monoisotopic (exact) mass is 260 g/mol. The van der Waals surface area contributed by atoms with Crippen molar-refractivity contribution >= 4 is 5.97 Å². The van der Waals surface area contributed by atoms with Gasteiger partial charge in [0.15, 0.2) is 6.10 Å². The van der Waals surface area contributed by atoms with Crippen molar-refractivity contribution in [3.63, 3.8) is 0 Å². The van der Waals surface area contributed by atoms with Crippen molar-refractivity contribution in [1.29, 1.82) is 0 Å². The zero-order chi connectivity index (χ0) is 13.9. The second kappa shape index (κ2) is 5.88. The summed E-state index contributed by atoms with van der Waals surface area (Å²) in [6.45, 7) is 2.88. The molecule has 0 bridgehead atoms. The van der Waals surface area contributed by atoms with E-state index in [0.717, 1.165) is 12.1 Å². The highest BCUT2D eigenvalue weighted by Gasteiger charge is 2.27. The molecule has 0 saturated carbocycles. The number of aliphatic hydroxyl groups excluding tert-OH is 1. The second-order valence-electron chi connectivity index (χ2n) is 3.97. The summed E-state index contributed by atoms with van der Waals surface area (Å²) < 4.78 is 31.3. The molecule has 18 heavy (non-hydrogen) atoms. The van der Waals surface area contributed by atoms with Gasteiger partial charge in [-0.15, -0.1) is 0 Å². The Morgan fingerprint density at radius 1 is 1.33 bits per heavy atom. The van der Waals surface area contributed by atoms with E-state index in [1.54, 1.807) is 0 Å². The number of halogens is 2. The Bertz CT molecular complexity index is 434. The van der Waals surface area contributed by atoms with E-state index < -0.39 is 35.9 Å². The molecule has 0 saturated heterocycles. The molecule has 100 valence electrons. The quantitative estimate of drug-likeness (QED) is 0.848. The van der Waals surface area contributed by atoms with Crippen molar-refractivity contribution in [1.82, 2.24) is 0 Å². The predicted octanol–water partition coefficient (Wildman–Crippen LogP) is 1.88. The maximum atomic E-state index is 13.5. The van der Waals surface area contributed by atoms with Crippen molar-refractivity contribution in [2.75, 3.05) is 0 Å². The lowest BCUT2D eigenvalue weighted by molar-refractivity contribution is -0.158. The van der Waals surface area contributed by atoms with Gasteiger partial charge >= 0.3 is 5.97 Å². The average molecular weight is 260 g/mol. The number of carboxylic acids is 1. The number of hydrogen-bond donors (Lipinski definition) is 2. The molecule has 0 aromatic heterocycles. The molecule has 0 spiro atoms. The number of aliphatic carboxylic acids is 1. The minimum Gasteiger partial charge on any atom is -0.479 e. The molecule has 0 heterocycles. The Morgan fingerprint density at radius 2 is 1.94 bits per heavy atom. The fourth-order valence-electron chi connectivity index (χ4n) is 1.31. The largest absolute Gasteiger partial charge is 0.479 e. The van der Waals surface area contributed by atoms with E-state index in [1.165, 1.54) is 13.8 Å². The van der Waals surface area contributed by atoms with E-state index in [9.17, 15) is 18.7 Å². The third-order valence-electron chi connectivity index (χ3n) is 2.50. The van der Waals surface area contributed by atoms with Crippen LogP contribution in [0, 0.1) is 11.6 Å². The summed E-state index contributed by atoms with van der Waals surface area (Å²) in [7, 11) is 0. The summed E-state index contributed by atoms with van der Waals surface area (Å²) in [5.74, 6) is -3.21. The van der Waals surface area contributed by atoms with Gasteiger partial charge in [0.2, 0.25) is 0 Å². The van der Waals surface area contributed by atoms with Gasteiger partial charge in [0.1, 0.15) is 11.6 Å². The zero-order valence-electron chi connectivity index (χ0n) is 9.93. The number of rotatable bonds is 5. The maximum absolute atomic E-state index is 13.5. The molecule has 3 atom stereocenters. The highest BCUT2D eigenvalue weighted by molar-refractivity contribution is 5.74. The van der Waals surface area contributed by atoms with Crippen LogP contribution < -0.4 is 0 Å². The van der Waals surface area contributed by atoms with Crippen LogP contribution >= 0.6 is 0 Å². The third kappa shape index (κ3) is 3.48. The van der Waals surface area contributed by atoms with Crippen molar-refractivity contribution in [3.8, 4) is 0 Å². The molecule has 0 aliphatic carbocycles. The molecule has 4 nitrogen and oxygen atoms in total. The zero-order valence-corrected chi connectivity index (χ0v) is 9.93. The number of aliphatic hydroxyl groups is 1. The fraction of sp³-hybridized carbons (Fsp3) is 0.417. The number of ether oxygens (including phenoxy) is 1. The van der Waals surface area contributed by atoms with Gasteiger partial charge in [-0.2, -0.15) is 0 Å². The normalized spacial score (nSPS) is 16.1. The Kier molecular flexibility index (Phi) is 4.75. The summed E-state index contributed by atoms with van der Waals surface area (Å²) in [6.07, 6.45) is -3.29. The summed E-state index contributed by atoms with van der Waals surface area (Å²) in [5, 5.41) is 18.2. The summed E-state index contributed by atoms with van der Waals surface area (Å²) in [5.41, 5.74) is -0.281. The first-order valence-corrected chi connectivity index (χ1v) is 5.34. The van der Waals surface area contributed by atoms with E-state index in [1.807, 2.05) is 0 Å². The Morgan fingerprint density at radius 3 is 2.39 bits per heavy atom. The minimum absolute atomic E-state index is 0.281. The van der Waals surface area contributed by atoms with Crippen LogP contribution in [0.5, 0.6) is 0 Å². The highest BCUT2D eigenvalue weighted by atomic mass is 19.1. The lowest BCUT2D eigenvalue weighted by Crippen LogP contribution is -2.28. The van der Waals surface area contributed by atoms with Crippen LogP contribution in [0.3, 0.4) is 0 Å². The van der Waals surface area contributed by atoms with Gasteiger partial charge in [-0.3, -0.25) is 0 Å². The predicted molar refractivity (Wildman–Crippen MR) is 59.0 cm³/mol. The van der Waals surface area contributed by atoms with E-state index in [-0.39, 0.29) is 5.56 Å². The van der Waals surface area contributed by atoms with Crippen LogP contribution in [0.25, 0.3) is 0 Å². The molecule has 0 radical (unpaired) electrons. The van der Waals surface area contributed by atoms with Crippen LogP contribution in [0.4, 0.5) is 8.78 Å². The van der Waals surface area contributed by atoms with Gasteiger partial charge in [0.05, 0.1) is 12.2 Å². The maximum Gasteiger partial charge on any atom is 0.337 e. The molecule has 1 aromatic rings. The number of carbonyl (C=O) groups is 1. The summed E-state index contributed by atoms with van der Waals surface area (Å²) in [4.78, 5) is 11.0. The fourth-order valence-corrected chi connectivity index (χ4v) is 1.31. The lowest BCUT2D eigenvalue weighted by atomic mass is 10.1. The van der Waals surface area contributed by atoms with Gasteiger partial charge in [-0.25, -0.2) is 13.6 Å². The first-order chi connectivity index (χ1) is 8.32. The van der Waals surface area contributed by atoms with Gasteiger partial charge in [0.25, 0.3) is 0 Å². The molecule has 2 N–H and O–H groups in total. The lowest BCUT2D eigenvalue weighted by Gasteiger charge is -2.21. The van der Waals surface area contributed by atoms with Crippen LogP contribution in [0.15, 0.2) is 18.2 Å². The number of hydrogen-bond acceptors (Lipinski definition) is 3. The molecule has 1 aromatic carbocycles. The second-order valence-corrected chi connectivity index (χ2v) is 3.97. The van der Waals surface area contributed by atoms with Crippen LogP contribution in [0.2, 0.25) is 0 Å². The van der Waals surface area contributed by atoms with E-state index in [0.29, 0.717) is 6.07 Å². The van der Waals surface area contributed by atoms with Gasteiger partial charge in [-0.05, 0) is 26.0 Å². The standard InChI is InChI=1S/C12H14F2O4/c1-6(15)7(2)18-11(12(16)17)9-4-3-8(13)5-10(9)14/h3-7,11,15H,1-2H3,(H,16,17). The SMILES string of the molecule is CC(O)C(C)OC(C(=O)O)c1ccc(F)cc1F. The molecule has 0 aliphatic heterocycles. The van der Waals surface area contributed by atoms with Crippen molar-refractivity contribution in [2.45, 2.75) is 32.2 Å². The Balaban J connectivity index is 3.01. The molecular formula is C12H14F2O4. The molecule has 3 unspecified atom stereocenters. The summed E-state index contributed by atoms with van der Waals surface area (Å²) >= 11 is 0. The van der Waals surface area contributed by atoms with Crippen molar-refractivity contribution < 1.29 is 28.5 Å². The Hall–Kier alpha value is -1.53. The minimum atomic E-state index is -1.59. The first kappa shape index (κ1) is 14.5. The van der Waals surface area contributed by atoms with Gasteiger partial charge in [-0.1, -0.05) is 0 Å². The van der Waals surface area contributed by atoms with Crippen LogP contribution in [-0.2, 0) is 9.53 Å². The molecule has 0 aliphatic rings. The average Bonchev–Trinajstić information content (AvgIpc) is 2.26. The van der Waals surface area contributed by atoms with Crippen LogP contribution in [0.1, 0.15) is 25.5 Å². The molecule has 0 amide bonds. The molecule has 6 heteroatoms. The molecule has 0 fully saturated rings. The van der Waals surface area contributed by atoms with E-state index >= 15 is 0 Å². The third-order valence-corrected chi connectivity index (χ3v) is 2.50. The molecular weight excluding hydrogens is 246 g/mol. The van der Waals surface area contributed by atoms with Gasteiger partial charge < -0.3 is 14.9 Å². The topological polar surface area (TPSA) is 66.8 Å². The summed E-state index contributed by atoms with van der Waals surface area (Å²) in [6, 6.07) is 2.55. The first-order valence-electron chi connectivity index (χ1n) is 5.34. The van der Waals surface area contributed by atoms with Crippen LogP contribution in [-0.4, -0.2) is 28.4 Å². The van der Waals surface area contributed by atoms with E-state index in [2.05, 4.69) is 0 Å². The van der Waals surface area contributed by atoms with Crippen molar-refractivity contribution in [3.05, 3.63) is 35.4 Å². The Labute approximate surface area is 103 Å². The number of carboxylic acid groups (broad SMARTS) is 1. The molecule has 1 rings (SSSR count). The van der Waals surface area contributed by atoms with Gasteiger partial charge in [0, 0.05) is 11.6 Å². The van der Waals surface area contributed by atoms with E-state index in [4.69, 9.17) is 9.84 Å². The smallest absolute Gasteiger partial charge is 0.337 e.